The van der Waals surface area contributed by atoms with E-state index in [1.165, 1.54) is 0 Å². The van der Waals surface area contributed by atoms with Gasteiger partial charge in [-0.1, -0.05) is 42.5 Å². The van der Waals surface area contributed by atoms with Gasteiger partial charge in [-0.2, -0.15) is 0 Å². The maximum Gasteiger partial charge on any atom is 0.335 e. The third-order valence-corrected chi connectivity index (χ3v) is 3.16. The highest BCUT2D eigenvalue weighted by atomic mass is 16.5. The fourth-order valence-corrected chi connectivity index (χ4v) is 2.01. The molecule has 0 aliphatic heterocycles. The van der Waals surface area contributed by atoms with Crippen LogP contribution in [-0.4, -0.2) is 23.8 Å². The van der Waals surface area contributed by atoms with Crippen LogP contribution >= 0.6 is 0 Å². The van der Waals surface area contributed by atoms with Crippen molar-refractivity contribution >= 4 is 5.97 Å². The first-order chi connectivity index (χ1) is 10.7. The minimum atomic E-state index is -1.13. The van der Waals surface area contributed by atoms with Gasteiger partial charge in [-0.15, -0.1) is 0 Å². The quantitative estimate of drug-likeness (QED) is 0.799. The van der Waals surface area contributed by atoms with E-state index in [1.54, 1.807) is 6.92 Å². The monoisotopic (exact) mass is 300 g/mol. The van der Waals surface area contributed by atoms with Crippen LogP contribution in [-0.2, 0) is 22.6 Å². The summed E-state index contributed by atoms with van der Waals surface area (Å²) in [7, 11) is 0. The zero-order chi connectivity index (χ0) is 15.8. The van der Waals surface area contributed by atoms with Crippen LogP contribution in [0.2, 0.25) is 0 Å². The molecule has 0 aromatic heterocycles. The van der Waals surface area contributed by atoms with Crippen LogP contribution < -0.4 is 4.74 Å². The van der Waals surface area contributed by atoms with Crippen molar-refractivity contribution in [1.82, 2.24) is 0 Å². The fourth-order valence-electron chi connectivity index (χ4n) is 2.01. The second-order valence-corrected chi connectivity index (χ2v) is 4.89. The average Bonchev–Trinajstić information content (AvgIpc) is 2.55. The number of hydrogen-bond acceptors (Lipinski definition) is 4. The predicted molar refractivity (Wildman–Crippen MR) is 83.6 cm³/mol. The van der Waals surface area contributed by atoms with Crippen molar-refractivity contribution in [2.75, 3.05) is 6.61 Å². The zero-order valence-corrected chi connectivity index (χ0v) is 12.6. The Labute approximate surface area is 130 Å². The van der Waals surface area contributed by atoms with Gasteiger partial charge in [0.15, 0.2) is 6.10 Å². The Balaban J connectivity index is 1.86. The SMILES string of the molecule is CCOC(=O)[C@@H](O)Cc1ccc(OCc2ccccc2)cc1. The van der Waals surface area contributed by atoms with Crippen LogP contribution in [0.5, 0.6) is 5.75 Å². The summed E-state index contributed by atoms with van der Waals surface area (Å²) in [6.45, 7) is 2.48. The summed E-state index contributed by atoms with van der Waals surface area (Å²) in [5, 5.41) is 9.72. The molecule has 0 aliphatic rings. The molecule has 116 valence electrons. The van der Waals surface area contributed by atoms with Crippen molar-refractivity contribution in [3.05, 3.63) is 65.7 Å². The Morgan fingerprint density at radius 2 is 1.73 bits per heavy atom. The molecule has 0 unspecified atom stereocenters. The van der Waals surface area contributed by atoms with Gasteiger partial charge < -0.3 is 14.6 Å². The second kappa shape index (κ2) is 8.20. The summed E-state index contributed by atoms with van der Waals surface area (Å²) in [6, 6.07) is 17.2. The minimum Gasteiger partial charge on any atom is -0.489 e. The predicted octanol–water partition coefficient (Wildman–Crippen LogP) is 2.73. The summed E-state index contributed by atoms with van der Waals surface area (Å²) in [5.41, 5.74) is 1.96. The summed E-state index contributed by atoms with van der Waals surface area (Å²) < 4.78 is 10.5. The van der Waals surface area contributed by atoms with Gasteiger partial charge in [-0.3, -0.25) is 0 Å². The molecule has 0 saturated heterocycles. The van der Waals surface area contributed by atoms with E-state index in [0.29, 0.717) is 6.61 Å². The molecular formula is C18H20O4. The molecule has 0 aliphatic carbocycles. The molecule has 1 N–H and O–H groups in total. The van der Waals surface area contributed by atoms with Gasteiger partial charge in [-0.05, 0) is 30.2 Å². The largest absolute Gasteiger partial charge is 0.489 e. The van der Waals surface area contributed by atoms with Crippen molar-refractivity contribution in [2.24, 2.45) is 0 Å². The number of carbonyl (C=O) groups is 1. The maximum absolute atomic E-state index is 11.4. The van der Waals surface area contributed by atoms with Gasteiger partial charge in [-0.25, -0.2) is 4.79 Å². The Morgan fingerprint density at radius 3 is 2.36 bits per heavy atom. The number of carbonyl (C=O) groups excluding carboxylic acids is 1. The van der Waals surface area contributed by atoms with Crippen molar-refractivity contribution in [2.45, 2.75) is 26.1 Å². The first kappa shape index (κ1) is 16.0. The standard InChI is InChI=1S/C18H20O4/c1-2-21-18(20)17(19)12-14-8-10-16(11-9-14)22-13-15-6-4-3-5-7-15/h3-11,17,19H,2,12-13H2,1H3/t17-/m0/s1. The highest BCUT2D eigenvalue weighted by Gasteiger charge is 2.16. The van der Waals surface area contributed by atoms with Crippen LogP contribution in [0, 0.1) is 0 Å². The molecule has 0 amide bonds. The molecule has 0 bridgehead atoms. The Hall–Kier alpha value is -2.33. The number of benzene rings is 2. The summed E-state index contributed by atoms with van der Waals surface area (Å²) in [6.07, 6.45) is -0.895. The van der Waals surface area contributed by atoms with Crippen molar-refractivity contribution < 1.29 is 19.4 Å². The van der Waals surface area contributed by atoms with Gasteiger partial charge in [0.2, 0.25) is 0 Å². The highest BCUT2D eigenvalue weighted by Crippen LogP contribution is 2.15. The van der Waals surface area contributed by atoms with Gasteiger partial charge in [0, 0.05) is 6.42 Å². The zero-order valence-electron chi connectivity index (χ0n) is 12.6. The molecule has 0 heterocycles. The van der Waals surface area contributed by atoms with Crippen molar-refractivity contribution in [3.63, 3.8) is 0 Å². The number of hydrogen-bond donors (Lipinski definition) is 1. The van der Waals surface area contributed by atoms with E-state index in [-0.39, 0.29) is 13.0 Å². The summed E-state index contributed by atoms with van der Waals surface area (Å²) >= 11 is 0. The molecule has 0 fully saturated rings. The lowest BCUT2D eigenvalue weighted by atomic mass is 10.1. The number of esters is 1. The second-order valence-electron chi connectivity index (χ2n) is 4.89. The minimum absolute atomic E-state index is 0.234. The van der Waals surface area contributed by atoms with E-state index in [4.69, 9.17) is 9.47 Å². The summed E-state index contributed by atoms with van der Waals surface area (Å²) in [5.74, 6) is 0.158. The smallest absolute Gasteiger partial charge is 0.335 e. The molecule has 0 spiro atoms. The molecule has 0 saturated carbocycles. The molecule has 0 radical (unpaired) electrons. The lowest BCUT2D eigenvalue weighted by Gasteiger charge is -2.10. The molecule has 2 rings (SSSR count). The Kier molecular flexibility index (Phi) is 5.98. The van der Waals surface area contributed by atoms with E-state index >= 15 is 0 Å². The average molecular weight is 300 g/mol. The molecule has 4 nitrogen and oxygen atoms in total. The Bertz CT molecular complexity index is 578. The third kappa shape index (κ3) is 4.90. The lowest BCUT2D eigenvalue weighted by Crippen LogP contribution is -2.25. The number of ether oxygens (including phenoxy) is 2. The Morgan fingerprint density at radius 1 is 1.05 bits per heavy atom. The third-order valence-electron chi connectivity index (χ3n) is 3.16. The van der Waals surface area contributed by atoms with Crippen LogP contribution in [0.25, 0.3) is 0 Å². The van der Waals surface area contributed by atoms with E-state index in [0.717, 1.165) is 16.9 Å². The van der Waals surface area contributed by atoms with Crippen LogP contribution in [0.1, 0.15) is 18.1 Å². The fraction of sp³-hybridized carbons (Fsp3) is 0.278. The topological polar surface area (TPSA) is 55.8 Å². The van der Waals surface area contributed by atoms with Crippen LogP contribution in [0.4, 0.5) is 0 Å². The van der Waals surface area contributed by atoms with Gasteiger partial charge >= 0.3 is 5.97 Å². The van der Waals surface area contributed by atoms with Gasteiger partial charge in [0.25, 0.3) is 0 Å². The van der Waals surface area contributed by atoms with E-state index in [9.17, 15) is 9.90 Å². The van der Waals surface area contributed by atoms with Crippen LogP contribution in [0.15, 0.2) is 54.6 Å². The summed E-state index contributed by atoms with van der Waals surface area (Å²) in [4.78, 5) is 11.4. The number of aliphatic hydroxyl groups is 1. The molecule has 1 atom stereocenters. The van der Waals surface area contributed by atoms with E-state index in [2.05, 4.69) is 0 Å². The maximum atomic E-state index is 11.4. The van der Waals surface area contributed by atoms with Crippen molar-refractivity contribution in [3.8, 4) is 5.75 Å². The first-order valence-electron chi connectivity index (χ1n) is 7.29. The van der Waals surface area contributed by atoms with E-state index < -0.39 is 12.1 Å². The molecule has 4 heteroatoms. The highest BCUT2D eigenvalue weighted by molar-refractivity contribution is 5.74. The molecule has 22 heavy (non-hydrogen) atoms. The normalized spacial score (nSPS) is 11.7. The van der Waals surface area contributed by atoms with E-state index in [1.807, 2.05) is 54.6 Å². The number of aliphatic hydroxyl groups excluding tert-OH is 1. The number of rotatable bonds is 7. The van der Waals surface area contributed by atoms with Crippen molar-refractivity contribution in [1.29, 1.82) is 0 Å². The lowest BCUT2D eigenvalue weighted by molar-refractivity contribution is -0.152. The first-order valence-corrected chi connectivity index (χ1v) is 7.29. The van der Waals surface area contributed by atoms with Gasteiger partial charge in [0.05, 0.1) is 6.61 Å². The van der Waals surface area contributed by atoms with Crippen LogP contribution in [0.3, 0.4) is 0 Å². The van der Waals surface area contributed by atoms with Gasteiger partial charge in [0.1, 0.15) is 12.4 Å². The molecule has 2 aromatic carbocycles. The molecule has 2 aromatic rings. The molecular weight excluding hydrogens is 280 g/mol.